The molecule has 8 nitrogen and oxygen atoms in total. The van der Waals surface area contributed by atoms with E-state index in [0.717, 1.165) is 10.5 Å². The van der Waals surface area contributed by atoms with Crippen LogP contribution in [0.25, 0.3) is 0 Å². The molecule has 132 valence electrons. The van der Waals surface area contributed by atoms with Crippen LogP contribution in [0.1, 0.15) is 18.4 Å². The van der Waals surface area contributed by atoms with Crippen LogP contribution in [0.3, 0.4) is 0 Å². The maximum atomic E-state index is 11.7. The zero-order chi connectivity index (χ0) is 18.9. The predicted octanol–water partition coefficient (Wildman–Crippen LogP) is 3.48. The highest BCUT2D eigenvalue weighted by Gasteiger charge is 2.27. The predicted molar refractivity (Wildman–Crippen MR) is 96.7 cm³/mol. The van der Waals surface area contributed by atoms with Gasteiger partial charge in [0.15, 0.2) is 5.03 Å². The first-order valence-electron chi connectivity index (χ1n) is 7.79. The van der Waals surface area contributed by atoms with Crippen molar-refractivity contribution in [2.24, 2.45) is 0 Å². The van der Waals surface area contributed by atoms with Crippen LogP contribution in [0, 0.1) is 39.7 Å². The first-order chi connectivity index (χ1) is 12.6. The Kier molecular flexibility index (Phi) is 6.89. The Morgan fingerprint density at radius 1 is 1.15 bits per heavy atom. The molecule has 1 aromatic carbocycles. The zero-order valence-electron chi connectivity index (χ0n) is 14.1. The van der Waals surface area contributed by atoms with E-state index in [2.05, 4.69) is 9.97 Å². The fraction of sp³-hybridized carbons (Fsp3) is 0.294. The van der Waals surface area contributed by atoms with Crippen LogP contribution in [0.15, 0.2) is 40.5 Å². The highest BCUT2D eigenvalue weighted by atomic mass is 32.2. The lowest BCUT2D eigenvalue weighted by atomic mass is 10.2. The molecule has 26 heavy (non-hydrogen) atoms. The molecule has 0 aliphatic rings. The molecule has 2 aromatic rings. The number of benzene rings is 1. The van der Waals surface area contributed by atoms with Crippen molar-refractivity contribution >= 4 is 23.3 Å². The lowest BCUT2D eigenvalue weighted by molar-refractivity contribution is -0.387. The van der Waals surface area contributed by atoms with Crippen molar-refractivity contribution in [3.63, 3.8) is 0 Å². The Morgan fingerprint density at radius 3 is 2.31 bits per heavy atom. The van der Waals surface area contributed by atoms with Gasteiger partial charge in [0.1, 0.15) is 6.33 Å². The van der Waals surface area contributed by atoms with Crippen molar-refractivity contribution in [2.45, 2.75) is 29.7 Å². The van der Waals surface area contributed by atoms with Gasteiger partial charge in [-0.05, 0) is 19.1 Å². The molecule has 0 saturated carbocycles. The monoisotopic (exact) mass is 368 g/mol. The molecule has 0 spiro atoms. The van der Waals surface area contributed by atoms with E-state index in [1.807, 2.05) is 43.3 Å². The summed E-state index contributed by atoms with van der Waals surface area (Å²) < 4.78 is 0. The number of nitrogens with zero attached hydrogens (tertiary/aromatic N) is 6. The Bertz CT molecular complexity index is 839. The van der Waals surface area contributed by atoms with Gasteiger partial charge in [-0.15, -0.1) is 0 Å². The molecule has 2 rings (SSSR count). The van der Waals surface area contributed by atoms with Gasteiger partial charge in [0.05, 0.1) is 29.9 Å². The highest BCUT2D eigenvalue weighted by molar-refractivity contribution is 7.99. The molecular formula is C17H16N6O2S. The third-order valence-electron chi connectivity index (χ3n) is 3.47. The third kappa shape index (κ3) is 4.91. The summed E-state index contributed by atoms with van der Waals surface area (Å²) in [6.45, 7) is 2.47. The van der Waals surface area contributed by atoms with Gasteiger partial charge in [-0.25, -0.2) is 9.97 Å². The van der Waals surface area contributed by atoms with Crippen molar-refractivity contribution < 1.29 is 4.92 Å². The van der Waals surface area contributed by atoms with Gasteiger partial charge in [-0.1, -0.05) is 29.5 Å². The average molecular weight is 368 g/mol. The normalized spacial score (nSPS) is 9.96. The molecule has 9 heteroatoms. The largest absolute Gasteiger partial charge is 0.349 e. The first kappa shape index (κ1) is 19.2. The maximum absolute atomic E-state index is 11.7. The van der Waals surface area contributed by atoms with Gasteiger partial charge in [0.25, 0.3) is 0 Å². The number of nitro groups is 1. The first-order valence-corrected chi connectivity index (χ1v) is 8.61. The van der Waals surface area contributed by atoms with E-state index in [-0.39, 0.29) is 42.5 Å². The third-order valence-corrected chi connectivity index (χ3v) is 4.47. The molecule has 0 amide bonds. The van der Waals surface area contributed by atoms with E-state index in [9.17, 15) is 10.1 Å². The van der Waals surface area contributed by atoms with Crippen LogP contribution in [-0.4, -0.2) is 28.0 Å². The van der Waals surface area contributed by atoms with Crippen LogP contribution in [0.2, 0.25) is 0 Å². The van der Waals surface area contributed by atoms with Crippen molar-refractivity contribution in [1.82, 2.24) is 9.97 Å². The summed E-state index contributed by atoms with van der Waals surface area (Å²) in [7, 11) is 0. The minimum absolute atomic E-state index is 0.130. The lowest BCUT2D eigenvalue weighted by Crippen LogP contribution is -2.27. The van der Waals surface area contributed by atoms with Gasteiger partial charge in [0, 0.05) is 18.0 Å². The molecule has 0 fully saturated rings. The highest BCUT2D eigenvalue weighted by Crippen LogP contribution is 2.38. The summed E-state index contributed by atoms with van der Waals surface area (Å²) >= 11 is 1.18. The molecule has 0 aliphatic heterocycles. The number of nitriles is 2. The zero-order valence-corrected chi connectivity index (χ0v) is 14.9. The van der Waals surface area contributed by atoms with Crippen LogP contribution >= 0.6 is 11.8 Å². The van der Waals surface area contributed by atoms with Crippen LogP contribution in [0.4, 0.5) is 11.5 Å². The molecule has 0 radical (unpaired) electrons. The molecule has 0 aliphatic carbocycles. The molecule has 0 atom stereocenters. The number of aromatic nitrogens is 2. The molecule has 0 saturated heterocycles. The summed E-state index contributed by atoms with van der Waals surface area (Å²) in [6.07, 6.45) is 1.62. The smallest absolute Gasteiger partial charge is 0.343 e. The summed E-state index contributed by atoms with van der Waals surface area (Å²) in [6, 6.07) is 11.6. The van der Waals surface area contributed by atoms with Crippen LogP contribution in [-0.2, 0) is 0 Å². The number of hydrogen-bond donors (Lipinski definition) is 0. The summed E-state index contributed by atoms with van der Waals surface area (Å²) in [5, 5.41) is 29.6. The summed E-state index contributed by atoms with van der Waals surface area (Å²) in [5.74, 6) is 0.130. The molecule has 0 unspecified atom stereocenters. The van der Waals surface area contributed by atoms with Crippen molar-refractivity contribution in [2.75, 3.05) is 18.0 Å². The van der Waals surface area contributed by atoms with E-state index in [1.165, 1.54) is 18.1 Å². The van der Waals surface area contributed by atoms with E-state index in [4.69, 9.17) is 10.5 Å². The second-order valence-electron chi connectivity index (χ2n) is 5.33. The van der Waals surface area contributed by atoms with Crippen molar-refractivity contribution in [3.05, 3.63) is 46.3 Å². The Morgan fingerprint density at radius 2 is 1.77 bits per heavy atom. The lowest BCUT2D eigenvalue weighted by Gasteiger charge is -2.21. The molecule has 0 N–H and O–H groups in total. The number of hydrogen-bond acceptors (Lipinski definition) is 8. The van der Waals surface area contributed by atoms with Crippen LogP contribution in [0.5, 0.6) is 0 Å². The standard InChI is InChI=1S/C17H16N6O2S/c1-13-4-6-14(7-5-13)26-17-15(23(24)25)16(20-12-21-17)22(10-2-8-18)11-3-9-19/h4-7,12H,2-3,10-11H2,1H3. The van der Waals surface area contributed by atoms with Crippen molar-refractivity contribution in [1.29, 1.82) is 10.5 Å². The number of anilines is 1. The topological polar surface area (TPSA) is 120 Å². The number of aryl methyl sites for hydroxylation is 1. The Balaban J connectivity index is 2.42. The van der Waals surface area contributed by atoms with Gasteiger partial charge in [-0.3, -0.25) is 10.1 Å². The van der Waals surface area contributed by atoms with E-state index < -0.39 is 4.92 Å². The average Bonchev–Trinajstić information content (AvgIpc) is 2.63. The minimum Gasteiger partial charge on any atom is -0.349 e. The molecule has 0 bridgehead atoms. The van der Waals surface area contributed by atoms with E-state index >= 15 is 0 Å². The molecular weight excluding hydrogens is 352 g/mol. The summed E-state index contributed by atoms with van der Waals surface area (Å²) in [4.78, 5) is 21.7. The second kappa shape index (κ2) is 9.35. The fourth-order valence-corrected chi connectivity index (χ4v) is 3.09. The van der Waals surface area contributed by atoms with Gasteiger partial charge >= 0.3 is 5.69 Å². The second-order valence-corrected chi connectivity index (χ2v) is 6.39. The van der Waals surface area contributed by atoms with Gasteiger partial charge in [0.2, 0.25) is 5.82 Å². The van der Waals surface area contributed by atoms with E-state index in [1.54, 1.807) is 4.90 Å². The Hall–Kier alpha value is -3.17. The SMILES string of the molecule is Cc1ccc(Sc2ncnc(N(CCC#N)CCC#N)c2[N+](=O)[O-])cc1. The quantitative estimate of drug-likeness (QED) is 0.394. The Labute approximate surface area is 155 Å². The fourth-order valence-electron chi connectivity index (χ4n) is 2.23. The van der Waals surface area contributed by atoms with Crippen LogP contribution < -0.4 is 4.90 Å². The summed E-state index contributed by atoms with van der Waals surface area (Å²) in [5.41, 5.74) is 0.875. The van der Waals surface area contributed by atoms with Crippen molar-refractivity contribution in [3.8, 4) is 12.1 Å². The maximum Gasteiger partial charge on any atom is 0.343 e. The minimum atomic E-state index is -0.516. The van der Waals surface area contributed by atoms with E-state index in [0.29, 0.717) is 0 Å². The van der Waals surface area contributed by atoms with Gasteiger partial charge < -0.3 is 4.90 Å². The van der Waals surface area contributed by atoms with Gasteiger partial charge in [-0.2, -0.15) is 10.5 Å². The molecule has 1 aromatic heterocycles. The number of rotatable bonds is 8. The molecule has 1 heterocycles.